The van der Waals surface area contributed by atoms with Crippen LogP contribution in [0.25, 0.3) is 0 Å². The standard InChI is InChI=1S/C12H10N2O.CH2O/c15-12-9-5-4-8-11(12)14-13-10-6-2-1-3-7-10;1-2/h1-9,15H;1H2. The molecule has 0 spiro atoms. The number of carbonyl (C=O) groups is 1. The van der Waals surface area contributed by atoms with Crippen molar-refractivity contribution in [3.05, 3.63) is 54.6 Å². The van der Waals surface area contributed by atoms with E-state index in [-0.39, 0.29) is 5.75 Å². The Kier molecular flexibility index (Phi) is 5.10. The molecular weight excluding hydrogens is 216 g/mol. The number of benzene rings is 2. The zero-order chi connectivity index (χ0) is 12.5. The number of carbonyl (C=O) groups excluding carboxylic acids is 1. The second kappa shape index (κ2) is 6.90. The molecule has 2 rings (SSSR count). The van der Waals surface area contributed by atoms with Crippen LogP contribution in [0.5, 0.6) is 5.75 Å². The van der Waals surface area contributed by atoms with Gasteiger partial charge < -0.3 is 9.90 Å². The Morgan fingerprint density at radius 3 is 2.06 bits per heavy atom. The topological polar surface area (TPSA) is 62.0 Å². The number of para-hydroxylation sites is 1. The third kappa shape index (κ3) is 3.87. The molecule has 0 bridgehead atoms. The number of phenols is 1. The summed E-state index contributed by atoms with van der Waals surface area (Å²) in [6, 6.07) is 16.2. The van der Waals surface area contributed by atoms with Crippen LogP contribution < -0.4 is 0 Å². The number of nitrogens with zero attached hydrogens (tertiary/aromatic N) is 2. The van der Waals surface area contributed by atoms with Crippen molar-refractivity contribution in [2.45, 2.75) is 0 Å². The molecule has 2 aromatic rings. The van der Waals surface area contributed by atoms with Crippen molar-refractivity contribution in [2.75, 3.05) is 0 Å². The molecule has 0 saturated heterocycles. The molecule has 1 N–H and O–H groups in total. The van der Waals surface area contributed by atoms with Crippen LogP contribution in [0.2, 0.25) is 0 Å². The number of hydrogen-bond donors (Lipinski definition) is 1. The Bertz CT molecular complexity index is 484. The molecule has 0 atom stereocenters. The van der Waals surface area contributed by atoms with Gasteiger partial charge in [0.1, 0.15) is 18.2 Å². The zero-order valence-electron chi connectivity index (χ0n) is 9.15. The highest BCUT2D eigenvalue weighted by atomic mass is 16.3. The van der Waals surface area contributed by atoms with E-state index in [0.717, 1.165) is 5.69 Å². The number of rotatable bonds is 2. The average Bonchev–Trinajstić information content (AvgIpc) is 2.41. The van der Waals surface area contributed by atoms with Crippen molar-refractivity contribution in [3.8, 4) is 5.75 Å². The van der Waals surface area contributed by atoms with Crippen LogP contribution in [0.3, 0.4) is 0 Å². The van der Waals surface area contributed by atoms with Gasteiger partial charge in [0.05, 0.1) is 5.69 Å². The molecule has 0 unspecified atom stereocenters. The fourth-order valence-corrected chi connectivity index (χ4v) is 1.15. The number of azo groups is 1. The van der Waals surface area contributed by atoms with E-state index < -0.39 is 0 Å². The van der Waals surface area contributed by atoms with Crippen LogP contribution in [0.4, 0.5) is 11.4 Å². The Balaban J connectivity index is 0.000000686. The van der Waals surface area contributed by atoms with Crippen LogP contribution >= 0.6 is 0 Å². The van der Waals surface area contributed by atoms with Gasteiger partial charge in [-0.3, -0.25) is 0 Å². The third-order valence-corrected chi connectivity index (χ3v) is 1.91. The van der Waals surface area contributed by atoms with E-state index >= 15 is 0 Å². The molecule has 0 heterocycles. The summed E-state index contributed by atoms with van der Waals surface area (Å²) in [6.07, 6.45) is 0. The lowest BCUT2D eigenvalue weighted by atomic mass is 10.3. The first-order valence-corrected chi connectivity index (χ1v) is 4.90. The van der Waals surface area contributed by atoms with E-state index in [9.17, 15) is 5.11 Å². The minimum Gasteiger partial charge on any atom is -0.506 e. The monoisotopic (exact) mass is 228 g/mol. The fraction of sp³-hybridized carbons (Fsp3) is 0. The summed E-state index contributed by atoms with van der Waals surface area (Å²) in [5.41, 5.74) is 1.24. The van der Waals surface area contributed by atoms with Gasteiger partial charge in [0.2, 0.25) is 0 Å². The van der Waals surface area contributed by atoms with E-state index in [1.54, 1.807) is 24.3 Å². The first-order chi connectivity index (χ1) is 8.36. The number of hydrogen-bond acceptors (Lipinski definition) is 4. The molecule has 0 amide bonds. The minimum atomic E-state index is 0.136. The maximum Gasteiger partial charge on any atom is 0.143 e. The van der Waals surface area contributed by atoms with Crippen LogP contribution in [-0.4, -0.2) is 11.9 Å². The summed E-state index contributed by atoms with van der Waals surface area (Å²) in [5.74, 6) is 0.136. The van der Waals surface area contributed by atoms with Crippen molar-refractivity contribution < 1.29 is 9.90 Å². The smallest absolute Gasteiger partial charge is 0.143 e. The van der Waals surface area contributed by atoms with Gasteiger partial charge in [-0.2, -0.15) is 5.11 Å². The minimum absolute atomic E-state index is 0.136. The molecule has 0 aliphatic carbocycles. The van der Waals surface area contributed by atoms with Gasteiger partial charge in [-0.05, 0) is 24.3 Å². The van der Waals surface area contributed by atoms with Crippen LogP contribution in [0.1, 0.15) is 0 Å². The summed E-state index contributed by atoms with van der Waals surface area (Å²) in [4.78, 5) is 8.00. The van der Waals surface area contributed by atoms with Gasteiger partial charge in [-0.15, -0.1) is 5.11 Å². The van der Waals surface area contributed by atoms with Crippen molar-refractivity contribution >= 4 is 18.2 Å². The van der Waals surface area contributed by atoms with Gasteiger partial charge in [-0.25, -0.2) is 0 Å². The predicted octanol–water partition coefficient (Wildman–Crippen LogP) is 3.62. The van der Waals surface area contributed by atoms with E-state index in [4.69, 9.17) is 4.79 Å². The summed E-state index contributed by atoms with van der Waals surface area (Å²) >= 11 is 0. The summed E-state index contributed by atoms with van der Waals surface area (Å²) in [5, 5.41) is 17.4. The summed E-state index contributed by atoms with van der Waals surface area (Å²) < 4.78 is 0. The lowest BCUT2D eigenvalue weighted by Gasteiger charge is -1.95. The molecular formula is C13H12N2O2. The third-order valence-electron chi connectivity index (χ3n) is 1.91. The van der Waals surface area contributed by atoms with E-state index in [1.165, 1.54) is 0 Å². The Morgan fingerprint density at radius 1 is 0.824 bits per heavy atom. The highest BCUT2D eigenvalue weighted by Crippen LogP contribution is 2.26. The van der Waals surface area contributed by atoms with Crippen LogP contribution in [0.15, 0.2) is 64.8 Å². The van der Waals surface area contributed by atoms with Gasteiger partial charge >= 0.3 is 0 Å². The molecule has 17 heavy (non-hydrogen) atoms. The van der Waals surface area contributed by atoms with Crippen molar-refractivity contribution in [1.82, 2.24) is 0 Å². The lowest BCUT2D eigenvalue weighted by Crippen LogP contribution is -1.66. The lowest BCUT2D eigenvalue weighted by molar-refractivity contribution is -0.0979. The molecule has 0 radical (unpaired) electrons. The van der Waals surface area contributed by atoms with Gasteiger partial charge in [0.15, 0.2) is 0 Å². The second-order valence-electron chi connectivity index (χ2n) is 3.02. The average molecular weight is 228 g/mol. The zero-order valence-corrected chi connectivity index (χ0v) is 9.15. The van der Waals surface area contributed by atoms with Gasteiger partial charge in [0, 0.05) is 0 Å². The molecule has 0 fully saturated rings. The van der Waals surface area contributed by atoms with E-state index in [2.05, 4.69) is 10.2 Å². The molecule has 0 saturated carbocycles. The Hall–Kier alpha value is -2.49. The molecule has 4 nitrogen and oxygen atoms in total. The summed E-state index contributed by atoms with van der Waals surface area (Å²) in [6.45, 7) is 2.00. The molecule has 0 aromatic heterocycles. The first-order valence-electron chi connectivity index (χ1n) is 4.90. The van der Waals surface area contributed by atoms with Crippen molar-refractivity contribution in [3.63, 3.8) is 0 Å². The molecule has 0 aliphatic heterocycles. The van der Waals surface area contributed by atoms with Crippen LogP contribution in [0, 0.1) is 0 Å². The van der Waals surface area contributed by atoms with Gasteiger partial charge in [0.25, 0.3) is 0 Å². The Labute approximate surface area is 99.3 Å². The Morgan fingerprint density at radius 2 is 1.41 bits per heavy atom. The predicted molar refractivity (Wildman–Crippen MR) is 65.8 cm³/mol. The van der Waals surface area contributed by atoms with Crippen LogP contribution in [-0.2, 0) is 4.79 Å². The maximum absolute atomic E-state index is 9.43. The molecule has 2 aromatic carbocycles. The molecule has 4 heteroatoms. The normalized spacial score (nSPS) is 9.65. The molecule has 86 valence electrons. The fourth-order valence-electron chi connectivity index (χ4n) is 1.15. The first kappa shape index (κ1) is 12.6. The largest absolute Gasteiger partial charge is 0.506 e. The van der Waals surface area contributed by atoms with Crippen molar-refractivity contribution in [1.29, 1.82) is 0 Å². The van der Waals surface area contributed by atoms with E-state index in [1.807, 2.05) is 37.1 Å². The SMILES string of the molecule is C=O.Oc1ccccc1N=Nc1ccccc1. The highest BCUT2D eigenvalue weighted by molar-refractivity contribution is 5.50. The van der Waals surface area contributed by atoms with Gasteiger partial charge in [-0.1, -0.05) is 30.3 Å². The second-order valence-corrected chi connectivity index (χ2v) is 3.02. The summed E-state index contributed by atoms with van der Waals surface area (Å²) in [7, 11) is 0. The molecule has 0 aliphatic rings. The van der Waals surface area contributed by atoms with E-state index in [0.29, 0.717) is 5.69 Å². The quantitative estimate of drug-likeness (QED) is 0.798. The van der Waals surface area contributed by atoms with Crippen molar-refractivity contribution in [2.24, 2.45) is 10.2 Å². The maximum atomic E-state index is 9.43. The highest BCUT2D eigenvalue weighted by Gasteiger charge is 1.95. The number of phenolic OH excluding ortho intramolecular Hbond substituents is 1. The number of aromatic hydroxyl groups is 1.